The summed E-state index contributed by atoms with van der Waals surface area (Å²) in [5.74, 6) is -0.0293. The molecular weight excluding hydrogens is 402 g/mol. The van der Waals surface area contributed by atoms with Gasteiger partial charge in [0.1, 0.15) is 0 Å². The molecule has 2 amide bonds. The highest BCUT2D eigenvalue weighted by Gasteiger charge is 2.27. The van der Waals surface area contributed by atoms with Gasteiger partial charge in [-0.15, -0.1) is 0 Å². The summed E-state index contributed by atoms with van der Waals surface area (Å²) < 4.78 is 0. The summed E-state index contributed by atoms with van der Waals surface area (Å²) in [7, 11) is 0. The number of nitrogens with one attached hydrogen (secondary N) is 1. The number of unbranched alkanes of at least 4 members (excludes halogenated alkanes) is 2. The van der Waals surface area contributed by atoms with Crippen molar-refractivity contribution in [2.45, 2.75) is 38.8 Å². The number of hydrogen-bond donors (Lipinski definition) is 1. The zero-order valence-electron chi connectivity index (χ0n) is 18.0. The highest BCUT2D eigenvalue weighted by Crippen LogP contribution is 2.28. The van der Waals surface area contributed by atoms with Crippen LogP contribution >= 0.6 is 0 Å². The number of carbonyl (C=O) groups excluding carboxylic acids is 2. The number of hydrogen-bond acceptors (Lipinski definition) is 4. The molecule has 2 aromatic carbocycles. The Morgan fingerprint density at radius 2 is 1.88 bits per heavy atom. The van der Waals surface area contributed by atoms with Gasteiger partial charge in [-0.3, -0.25) is 19.4 Å². The Kier molecular flexibility index (Phi) is 7.25. The van der Waals surface area contributed by atoms with Gasteiger partial charge in [0, 0.05) is 37.5 Å². The van der Waals surface area contributed by atoms with Gasteiger partial charge < -0.3 is 4.90 Å². The van der Waals surface area contributed by atoms with E-state index in [0.717, 1.165) is 47.1 Å². The van der Waals surface area contributed by atoms with Crippen LogP contribution in [0, 0.1) is 0 Å². The molecule has 0 atom stereocenters. The normalized spacial score (nSPS) is 12.6. The van der Waals surface area contributed by atoms with Crippen molar-refractivity contribution in [3.8, 4) is 11.1 Å². The Balaban J connectivity index is 1.15. The van der Waals surface area contributed by atoms with Crippen LogP contribution in [-0.2, 0) is 22.8 Å². The minimum absolute atomic E-state index is 0.0878. The van der Waals surface area contributed by atoms with Gasteiger partial charge in [-0.25, -0.2) is 5.48 Å². The molecule has 0 fully saturated rings. The van der Waals surface area contributed by atoms with Gasteiger partial charge in [-0.2, -0.15) is 0 Å². The zero-order valence-corrected chi connectivity index (χ0v) is 18.0. The van der Waals surface area contributed by atoms with E-state index in [9.17, 15) is 9.59 Å². The Labute approximate surface area is 188 Å². The predicted molar refractivity (Wildman–Crippen MR) is 122 cm³/mol. The maximum absolute atomic E-state index is 12.7. The summed E-state index contributed by atoms with van der Waals surface area (Å²) in [6, 6.07) is 19.6. The van der Waals surface area contributed by atoms with Crippen LogP contribution in [0.5, 0.6) is 0 Å². The van der Waals surface area contributed by atoms with Crippen molar-refractivity contribution < 1.29 is 14.4 Å². The monoisotopic (exact) mass is 429 g/mol. The molecular formula is C26H27N3O3. The highest BCUT2D eigenvalue weighted by atomic mass is 16.6. The Hall–Kier alpha value is -3.51. The third-order valence-corrected chi connectivity index (χ3v) is 5.58. The van der Waals surface area contributed by atoms with E-state index in [1.54, 1.807) is 6.20 Å². The number of aromatic nitrogens is 1. The van der Waals surface area contributed by atoms with Crippen LogP contribution in [0.2, 0.25) is 0 Å². The first-order valence-corrected chi connectivity index (χ1v) is 11.0. The maximum atomic E-state index is 12.7. The molecule has 32 heavy (non-hydrogen) atoms. The number of benzene rings is 2. The lowest BCUT2D eigenvalue weighted by molar-refractivity contribution is -0.134. The summed E-state index contributed by atoms with van der Waals surface area (Å²) >= 11 is 0. The van der Waals surface area contributed by atoms with E-state index >= 15 is 0 Å². The first-order chi connectivity index (χ1) is 15.7. The third kappa shape index (κ3) is 5.59. The molecule has 0 bridgehead atoms. The second-order valence-electron chi connectivity index (χ2n) is 7.95. The van der Waals surface area contributed by atoms with Crippen molar-refractivity contribution >= 4 is 11.8 Å². The SMILES string of the molecule is O=C(CCCCCN1Cc2cc(-c3cccnc3)ccc2C1=O)NOCc1ccccc1. The standard InChI is InChI=1S/C26H27N3O3/c30-25(28-32-19-20-8-3-1-4-9-20)11-5-2-6-15-29-18-23-16-21(12-13-24(23)26(29)31)22-10-7-14-27-17-22/h1,3-4,7-10,12-14,16-17H,2,5-6,11,15,18-19H2,(H,28,30). The molecule has 4 rings (SSSR count). The molecule has 1 N–H and O–H groups in total. The molecule has 2 heterocycles. The fraction of sp³-hybridized carbons (Fsp3) is 0.269. The number of rotatable bonds is 10. The lowest BCUT2D eigenvalue weighted by Gasteiger charge is -2.15. The molecule has 0 unspecified atom stereocenters. The molecule has 1 aliphatic rings. The quantitative estimate of drug-likeness (QED) is 0.380. The number of pyridine rings is 1. The van der Waals surface area contributed by atoms with Crippen LogP contribution in [0.3, 0.4) is 0 Å². The fourth-order valence-electron chi connectivity index (χ4n) is 3.86. The van der Waals surface area contributed by atoms with Gasteiger partial charge in [0.15, 0.2) is 0 Å². The summed E-state index contributed by atoms with van der Waals surface area (Å²) in [5.41, 5.74) is 7.47. The van der Waals surface area contributed by atoms with Crippen molar-refractivity contribution in [3.05, 3.63) is 89.7 Å². The Morgan fingerprint density at radius 1 is 1.00 bits per heavy atom. The third-order valence-electron chi connectivity index (χ3n) is 5.58. The average molecular weight is 430 g/mol. The Bertz CT molecular complexity index is 1050. The molecule has 1 aromatic heterocycles. The molecule has 0 saturated heterocycles. The summed E-state index contributed by atoms with van der Waals surface area (Å²) in [4.78, 5) is 35.9. The largest absolute Gasteiger partial charge is 0.334 e. The lowest BCUT2D eigenvalue weighted by Crippen LogP contribution is -2.25. The smallest absolute Gasteiger partial charge is 0.254 e. The van der Waals surface area contributed by atoms with Gasteiger partial charge in [0.05, 0.1) is 6.61 Å². The van der Waals surface area contributed by atoms with E-state index in [4.69, 9.17) is 4.84 Å². The lowest BCUT2D eigenvalue weighted by atomic mass is 10.0. The van der Waals surface area contributed by atoms with E-state index in [2.05, 4.69) is 16.5 Å². The molecule has 6 nitrogen and oxygen atoms in total. The van der Waals surface area contributed by atoms with E-state index in [1.807, 2.05) is 65.7 Å². The van der Waals surface area contributed by atoms with Crippen LogP contribution in [0.15, 0.2) is 73.1 Å². The van der Waals surface area contributed by atoms with Crippen LogP contribution in [0.1, 0.15) is 47.2 Å². The van der Waals surface area contributed by atoms with Gasteiger partial charge in [-0.05, 0) is 53.3 Å². The number of amides is 2. The molecule has 3 aromatic rings. The molecule has 0 spiro atoms. The predicted octanol–water partition coefficient (Wildman–Crippen LogP) is 4.51. The van der Waals surface area contributed by atoms with E-state index in [1.165, 1.54) is 0 Å². The van der Waals surface area contributed by atoms with Gasteiger partial charge >= 0.3 is 0 Å². The highest BCUT2D eigenvalue weighted by molar-refractivity contribution is 5.99. The topological polar surface area (TPSA) is 71.5 Å². The second-order valence-corrected chi connectivity index (χ2v) is 7.95. The molecule has 0 aliphatic carbocycles. The summed E-state index contributed by atoms with van der Waals surface area (Å²) in [6.07, 6.45) is 6.52. The van der Waals surface area contributed by atoms with Crippen LogP contribution in [0.4, 0.5) is 0 Å². The number of fused-ring (bicyclic) bond motifs is 1. The maximum Gasteiger partial charge on any atom is 0.254 e. The van der Waals surface area contributed by atoms with Crippen molar-refractivity contribution in [1.82, 2.24) is 15.4 Å². The molecule has 0 saturated carbocycles. The summed E-state index contributed by atoms with van der Waals surface area (Å²) in [6.45, 7) is 1.69. The van der Waals surface area contributed by atoms with E-state index < -0.39 is 0 Å². The van der Waals surface area contributed by atoms with Crippen molar-refractivity contribution in [3.63, 3.8) is 0 Å². The first-order valence-electron chi connectivity index (χ1n) is 11.0. The van der Waals surface area contributed by atoms with Gasteiger partial charge in [0.2, 0.25) is 5.91 Å². The first kappa shape index (κ1) is 21.7. The fourth-order valence-corrected chi connectivity index (χ4v) is 3.86. The Morgan fingerprint density at radius 3 is 2.69 bits per heavy atom. The molecule has 164 valence electrons. The van der Waals surface area contributed by atoms with Gasteiger partial charge in [0.25, 0.3) is 5.91 Å². The van der Waals surface area contributed by atoms with Gasteiger partial charge in [-0.1, -0.05) is 48.9 Å². The van der Waals surface area contributed by atoms with Crippen LogP contribution < -0.4 is 5.48 Å². The minimum atomic E-state index is -0.117. The van der Waals surface area contributed by atoms with E-state index in [-0.39, 0.29) is 11.8 Å². The van der Waals surface area contributed by atoms with Crippen molar-refractivity contribution in [1.29, 1.82) is 0 Å². The van der Waals surface area contributed by atoms with Crippen LogP contribution in [-0.4, -0.2) is 28.2 Å². The van der Waals surface area contributed by atoms with E-state index in [0.29, 0.717) is 26.1 Å². The van der Waals surface area contributed by atoms with Crippen molar-refractivity contribution in [2.24, 2.45) is 0 Å². The second kappa shape index (κ2) is 10.7. The zero-order chi connectivity index (χ0) is 22.2. The van der Waals surface area contributed by atoms with Crippen LogP contribution in [0.25, 0.3) is 11.1 Å². The number of carbonyl (C=O) groups is 2. The molecule has 1 aliphatic heterocycles. The van der Waals surface area contributed by atoms with Crippen molar-refractivity contribution in [2.75, 3.05) is 6.54 Å². The molecule has 0 radical (unpaired) electrons. The number of hydroxylamine groups is 1. The minimum Gasteiger partial charge on any atom is -0.334 e. The summed E-state index contributed by atoms with van der Waals surface area (Å²) in [5, 5.41) is 0. The average Bonchev–Trinajstić information content (AvgIpc) is 3.15. The molecule has 6 heteroatoms. The number of nitrogens with zero attached hydrogens (tertiary/aromatic N) is 2.